The maximum Gasteiger partial charge on any atom is 0.268 e. The standard InChI is InChI=1S/C21H21F2N3O4/c1-21(24,20(22)23)17(19(28)26-29)25-18(27)15-9-5-13(6-10-15)3-4-14-7-11-16(30-2)12-8-14/h5-12,17,20,29H,24H2,1-2H3,(H,25,27)(H,26,28)/t17-,21?/m1/s1. The molecule has 0 aliphatic heterocycles. The summed E-state index contributed by atoms with van der Waals surface area (Å²) in [4.78, 5) is 24.1. The van der Waals surface area contributed by atoms with Gasteiger partial charge >= 0.3 is 0 Å². The predicted molar refractivity (Wildman–Crippen MR) is 105 cm³/mol. The van der Waals surface area contributed by atoms with Crippen molar-refractivity contribution >= 4 is 11.8 Å². The van der Waals surface area contributed by atoms with Crippen LogP contribution in [0.4, 0.5) is 8.78 Å². The number of halogens is 2. The first kappa shape index (κ1) is 22.8. The van der Waals surface area contributed by atoms with Crippen LogP contribution >= 0.6 is 0 Å². The molecule has 0 spiro atoms. The average Bonchev–Trinajstić information content (AvgIpc) is 2.75. The lowest BCUT2D eigenvalue weighted by Crippen LogP contribution is -2.66. The van der Waals surface area contributed by atoms with Crippen molar-refractivity contribution in [1.82, 2.24) is 10.8 Å². The molecule has 0 aliphatic carbocycles. The number of rotatable bonds is 6. The maximum atomic E-state index is 13.2. The zero-order chi connectivity index (χ0) is 22.3. The number of amides is 2. The summed E-state index contributed by atoms with van der Waals surface area (Å²) < 4.78 is 31.4. The molecule has 30 heavy (non-hydrogen) atoms. The molecule has 2 aromatic carbocycles. The van der Waals surface area contributed by atoms with Crippen molar-refractivity contribution in [3.8, 4) is 17.6 Å². The Bertz CT molecular complexity index is 949. The van der Waals surface area contributed by atoms with Gasteiger partial charge in [0.05, 0.1) is 7.11 Å². The van der Waals surface area contributed by atoms with Gasteiger partial charge in [0, 0.05) is 16.7 Å². The normalized spacial score (nSPS) is 13.4. The van der Waals surface area contributed by atoms with Gasteiger partial charge in [0.25, 0.3) is 18.2 Å². The first-order valence-corrected chi connectivity index (χ1v) is 8.77. The number of hydrogen-bond acceptors (Lipinski definition) is 5. The van der Waals surface area contributed by atoms with Crippen LogP contribution in [0.3, 0.4) is 0 Å². The lowest BCUT2D eigenvalue weighted by atomic mass is 9.92. The van der Waals surface area contributed by atoms with Crippen LogP contribution in [-0.2, 0) is 4.79 Å². The van der Waals surface area contributed by atoms with Crippen LogP contribution in [0.25, 0.3) is 0 Å². The summed E-state index contributed by atoms with van der Waals surface area (Å²) in [7, 11) is 1.57. The van der Waals surface area contributed by atoms with E-state index in [4.69, 9.17) is 15.7 Å². The molecule has 0 saturated carbocycles. The summed E-state index contributed by atoms with van der Waals surface area (Å²) in [6, 6.07) is 11.3. The molecule has 9 heteroatoms. The molecule has 2 atom stereocenters. The second kappa shape index (κ2) is 9.82. The predicted octanol–water partition coefficient (Wildman–Crippen LogP) is 1.68. The van der Waals surface area contributed by atoms with Gasteiger partial charge in [-0.15, -0.1) is 0 Å². The van der Waals surface area contributed by atoms with E-state index in [9.17, 15) is 18.4 Å². The van der Waals surface area contributed by atoms with Gasteiger partial charge in [-0.2, -0.15) is 0 Å². The van der Waals surface area contributed by atoms with Crippen molar-refractivity contribution in [2.45, 2.75) is 24.9 Å². The zero-order valence-electron chi connectivity index (χ0n) is 16.3. The van der Waals surface area contributed by atoms with Gasteiger partial charge < -0.3 is 15.8 Å². The topological polar surface area (TPSA) is 114 Å². The van der Waals surface area contributed by atoms with Crippen LogP contribution in [0.1, 0.15) is 28.4 Å². The van der Waals surface area contributed by atoms with Crippen molar-refractivity contribution in [2.24, 2.45) is 5.73 Å². The molecule has 0 saturated heterocycles. The van der Waals surface area contributed by atoms with Crippen LogP contribution in [0.5, 0.6) is 5.75 Å². The zero-order valence-corrected chi connectivity index (χ0v) is 16.3. The van der Waals surface area contributed by atoms with Crippen LogP contribution < -0.4 is 21.3 Å². The minimum atomic E-state index is -3.13. The van der Waals surface area contributed by atoms with Gasteiger partial charge in [0.2, 0.25) is 0 Å². The second-order valence-electron chi connectivity index (χ2n) is 6.61. The highest BCUT2D eigenvalue weighted by Gasteiger charge is 2.44. The summed E-state index contributed by atoms with van der Waals surface area (Å²) in [6.45, 7) is 0.899. The van der Waals surface area contributed by atoms with E-state index < -0.39 is 29.8 Å². The Morgan fingerprint density at radius 3 is 2.00 bits per heavy atom. The van der Waals surface area contributed by atoms with Gasteiger partial charge in [-0.05, 0) is 55.5 Å². The number of carbonyl (C=O) groups is 2. The fraction of sp³-hybridized carbons (Fsp3) is 0.238. The highest BCUT2D eigenvalue weighted by molar-refractivity contribution is 5.98. The Labute approximate surface area is 172 Å². The van der Waals surface area contributed by atoms with E-state index >= 15 is 0 Å². The first-order chi connectivity index (χ1) is 14.2. The molecule has 0 fully saturated rings. The van der Waals surface area contributed by atoms with E-state index in [2.05, 4.69) is 17.2 Å². The number of hydroxylamine groups is 1. The van der Waals surface area contributed by atoms with E-state index in [1.165, 1.54) is 17.6 Å². The molecule has 1 unspecified atom stereocenters. The number of nitrogens with one attached hydrogen (secondary N) is 2. The number of carbonyl (C=O) groups excluding carboxylic acids is 2. The molecule has 2 amide bonds. The van der Waals surface area contributed by atoms with Crippen LogP contribution in [0.2, 0.25) is 0 Å². The maximum absolute atomic E-state index is 13.2. The summed E-state index contributed by atoms with van der Waals surface area (Å²) >= 11 is 0. The summed E-state index contributed by atoms with van der Waals surface area (Å²) in [5.74, 6) is 4.54. The molecule has 0 heterocycles. The quantitative estimate of drug-likeness (QED) is 0.325. The molecule has 5 N–H and O–H groups in total. The van der Waals surface area contributed by atoms with E-state index in [1.54, 1.807) is 43.5 Å². The number of ether oxygens (including phenoxy) is 1. The molecule has 2 aromatic rings. The molecular weight excluding hydrogens is 396 g/mol. The minimum Gasteiger partial charge on any atom is -0.497 e. The lowest BCUT2D eigenvalue weighted by molar-refractivity contribution is -0.134. The number of nitrogens with two attached hydrogens (primary N) is 1. The third kappa shape index (κ3) is 5.53. The Morgan fingerprint density at radius 1 is 1.07 bits per heavy atom. The van der Waals surface area contributed by atoms with Gasteiger partial charge in [-0.1, -0.05) is 11.8 Å². The largest absolute Gasteiger partial charge is 0.497 e. The van der Waals surface area contributed by atoms with E-state index in [0.29, 0.717) is 11.3 Å². The van der Waals surface area contributed by atoms with Gasteiger partial charge in [-0.3, -0.25) is 14.8 Å². The molecular formula is C21H21F2N3O4. The molecule has 0 aromatic heterocycles. The fourth-order valence-corrected chi connectivity index (χ4v) is 2.43. The average molecular weight is 417 g/mol. The number of methoxy groups -OCH3 is 1. The van der Waals surface area contributed by atoms with E-state index in [0.717, 1.165) is 12.5 Å². The number of alkyl halides is 2. The second-order valence-corrected chi connectivity index (χ2v) is 6.61. The SMILES string of the molecule is COc1ccc(C#Cc2ccc(C(=O)N[C@H](C(=O)NO)C(C)(N)C(F)F)cc2)cc1. The van der Waals surface area contributed by atoms with Crippen molar-refractivity contribution < 1.29 is 28.3 Å². The molecule has 2 rings (SSSR count). The summed E-state index contributed by atoms with van der Waals surface area (Å²) in [5, 5.41) is 10.9. The van der Waals surface area contributed by atoms with Crippen molar-refractivity contribution in [3.63, 3.8) is 0 Å². The molecule has 0 bridgehead atoms. The molecule has 7 nitrogen and oxygen atoms in total. The first-order valence-electron chi connectivity index (χ1n) is 8.77. The monoisotopic (exact) mass is 417 g/mol. The van der Waals surface area contributed by atoms with Crippen LogP contribution in [0.15, 0.2) is 48.5 Å². The number of hydrogen-bond donors (Lipinski definition) is 4. The van der Waals surface area contributed by atoms with Gasteiger partial charge in [0.15, 0.2) is 0 Å². The fourth-order valence-electron chi connectivity index (χ4n) is 2.43. The van der Waals surface area contributed by atoms with Gasteiger partial charge in [-0.25, -0.2) is 14.3 Å². The highest BCUT2D eigenvalue weighted by Crippen LogP contribution is 2.18. The summed E-state index contributed by atoms with van der Waals surface area (Å²) in [5.41, 5.74) is 5.81. The molecule has 0 radical (unpaired) electrons. The molecule has 158 valence electrons. The van der Waals surface area contributed by atoms with Crippen LogP contribution in [0, 0.1) is 11.8 Å². The Balaban J connectivity index is 2.14. The van der Waals surface area contributed by atoms with Crippen molar-refractivity contribution in [3.05, 3.63) is 65.2 Å². The van der Waals surface area contributed by atoms with Crippen molar-refractivity contribution in [2.75, 3.05) is 7.11 Å². The van der Waals surface area contributed by atoms with Crippen LogP contribution in [-0.4, -0.2) is 42.1 Å². The number of benzene rings is 2. The Morgan fingerprint density at radius 2 is 1.57 bits per heavy atom. The Kier molecular flexibility index (Phi) is 7.47. The minimum absolute atomic E-state index is 0.103. The molecule has 0 aliphatic rings. The third-order valence-corrected chi connectivity index (χ3v) is 4.33. The van der Waals surface area contributed by atoms with Gasteiger partial charge in [0.1, 0.15) is 17.3 Å². The van der Waals surface area contributed by atoms with Crippen molar-refractivity contribution in [1.29, 1.82) is 0 Å². The van der Waals surface area contributed by atoms with E-state index in [1.807, 2.05) is 0 Å². The Hall–Kier alpha value is -3.48. The summed E-state index contributed by atoms with van der Waals surface area (Å²) in [6.07, 6.45) is -3.13. The third-order valence-electron chi connectivity index (χ3n) is 4.33. The van der Waals surface area contributed by atoms with E-state index in [-0.39, 0.29) is 5.56 Å². The smallest absolute Gasteiger partial charge is 0.268 e. The lowest BCUT2D eigenvalue weighted by Gasteiger charge is -2.32. The highest BCUT2D eigenvalue weighted by atomic mass is 19.3.